The van der Waals surface area contributed by atoms with Gasteiger partial charge >= 0.3 is 0 Å². The zero-order valence-corrected chi connectivity index (χ0v) is 19.3. The minimum absolute atomic E-state index is 0.156. The first-order valence-corrected chi connectivity index (χ1v) is 12.0. The topological polar surface area (TPSA) is 84.1 Å². The number of hydrogen-bond donors (Lipinski definition) is 0. The molecule has 8 nitrogen and oxygen atoms in total. The Morgan fingerprint density at radius 2 is 1.74 bits per heavy atom. The first-order chi connectivity index (χ1) is 17.2. The van der Waals surface area contributed by atoms with Crippen LogP contribution in [0.2, 0.25) is 0 Å². The SMILES string of the molecule is N#Cc1c(N2CCCCC2)n(Cc2ccccc2)c2c(=O)n(Cc3cnc4ccccn34)cnc12. The van der Waals surface area contributed by atoms with Crippen molar-refractivity contribution in [3.63, 3.8) is 0 Å². The molecule has 1 aromatic carbocycles. The van der Waals surface area contributed by atoms with Gasteiger partial charge in [0.05, 0.1) is 24.8 Å². The fourth-order valence-electron chi connectivity index (χ4n) is 5.10. The molecule has 1 fully saturated rings. The molecule has 1 aliphatic heterocycles. The predicted octanol–water partition coefficient (Wildman–Crippen LogP) is 3.80. The fourth-order valence-corrected chi connectivity index (χ4v) is 5.10. The van der Waals surface area contributed by atoms with Gasteiger partial charge in [0.15, 0.2) is 0 Å². The highest BCUT2D eigenvalue weighted by Crippen LogP contribution is 2.32. The number of aromatic nitrogens is 5. The molecule has 5 heterocycles. The van der Waals surface area contributed by atoms with E-state index < -0.39 is 0 Å². The number of anilines is 1. The number of rotatable bonds is 5. The summed E-state index contributed by atoms with van der Waals surface area (Å²) in [6.07, 6.45) is 8.61. The van der Waals surface area contributed by atoms with Crippen molar-refractivity contribution in [2.24, 2.45) is 0 Å². The van der Waals surface area contributed by atoms with Crippen LogP contribution in [0.3, 0.4) is 0 Å². The Labute approximate surface area is 202 Å². The highest BCUT2D eigenvalue weighted by atomic mass is 16.1. The van der Waals surface area contributed by atoms with E-state index in [4.69, 9.17) is 0 Å². The summed E-state index contributed by atoms with van der Waals surface area (Å²) in [5.41, 5.74) is 4.07. The Balaban J connectivity index is 1.54. The van der Waals surface area contributed by atoms with Crippen molar-refractivity contribution in [2.45, 2.75) is 32.4 Å². The maximum absolute atomic E-state index is 13.9. The third-order valence-electron chi connectivity index (χ3n) is 6.78. The lowest BCUT2D eigenvalue weighted by atomic mass is 10.1. The number of nitriles is 1. The van der Waals surface area contributed by atoms with Gasteiger partial charge in [-0.05, 0) is 37.0 Å². The van der Waals surface area contributed by atoms with Crippen LogP contribution in [-0.2, 0) is 13.1 Å². The van der Waals surface area contributed by atoms with E-state index in [0.29, 0.717) is 29.7 Å². The smallest absolute Gasteiger partial charge is 0.278 e. The van der Waals surface area contributed by atoms with Gasteiger partial charge < -0.3 is 13.9 Å². The Morgan fingerprint density at radius 1 is 0.943 bits per heavy atom. The summed E-state index contributed by atoms with van der Waals surface area (Å²) in [6, 6.07) is 18.2. The Morgan fingerprint density at radius 3 is 2.54 bits per heavy atom. The second-order valence-corrected chi connectivity index (χ2v) is 8.98. The van der Waals surface area contributed by atoms with E-state index in [-0.39, 0.29) is 5.56 Å². The highest BCUT2D eigenvalue weighted by Gasteiger charge is 2.27. The molecule has 0 radical (unpaired) electrons. The molecule has 0 saturated carbocycles. The lowest BCUT2D eigenvalue weighted by Crippen LogP contribution is -2.32. The second kappa shape index (κ2) is 8.76. The predicted molar refractivity (Wildman–Crippen MR) is 135 cm³/mol. The summed E-state index contributed by atoms with van der Waals surface area (Å²) < 4.78 is 5.59. The molecule has 0 N–H and O–H groups in total. The molecule has 1 saturated heterocycles. The van der Waals surface area contributed by atoms with Crippen LogP contribution >= 0.6 is 0 Å². The standard InChI is InChI=1S/C27H25N7O/c28-15-22-24-25(27(35)32(19-30-24)18-21-16-29-23-11-5-8-14-33(21)23)34(17-20-9-3-1-4-10-20)26(22)31-12-6-2-7-13-31/h1,3-5,8-11,14,16,19H,2,6-7,12-13,17-18H2. The van der Waals surface area contributed by atoms with Crippen LogP contribution in [0.1, 0.15) is 36.1 Å². The summed E-state index contributed by atoms with van der Waals surface area (Å²) in [5, 5.41) is 10.2. The molecule has 35 heavy (non-hydrogen) atoms. The molecule has 174 valence electrons. The van der Waals surface area contributed by atoms with Crippen molar-refractivity contribution < 1.29 is 0 Å². The molecule has 0 amide bonds. The average molecular weight is 464 g/mol. The van der Waals surface area contributed by atoms with Gasteiger partial charge in [0.1, 0.15) is 34.1 Å². The maximum atomic E-state index is 13.9. The van der Waals surface area contributed by atoms with E-state index in [1.807, 2.05) is 63.7 Å². The minimum atomic E-state index is -0.156. The normalized spacial score (nSPS) is 14.0. The van der Waals surface area contributed by atoms with Gasteiger partial charge in [-0.25, -0.2) is 9.97 Å². The minimum Gasteiger partial charge on any atom is -0.357 e. The molecule has 0 aliphatic carbocycles. The molecule has 1 aliphatic rings. The molecule has 0 atom stereocenters. The summed E-state index contributed by atoms with van der Waals surface area (Å²) in [5.74, 6) is 0.809. The summed E-state index contributed by atoms with van der Waals surface area (Å²) in [6.45, 7) is 2.58. The van der Waals surface area contributed by atoms with Gasteiger partial charge in [-0.2, -0.15) is 5.26 Å². The summed E-state index contributed by atoms with van der Waals surface area (Å²) in [7, 11) is 0. The van der Waals surface area contributed by atoms with Crippen LogP contribution in [0, 0.1) is 11.3 Å². The van der Waals surface area contributed by atoms with Gasteiger partial charge in [0.2, 0.25) is 0 Å². The molecule has 6 rings (SSSR count). The van der Waals surface area contributed by atoms with Crippen molar-refractivity contribution >= 4 is 22.5 Å². The van der Waals surface area contributed by atoms with Crippen LogP contribution in [0.4, 0.5) is 5.82 Å². The second-order valence-electron chi connectivity index (χ2n) is 8.98. The molecule has 5 aromatic rings. The molecule has 0 bridgehead atoms. The van der Waals surface area contributed by atoms with Crippen LogP contribution in [0.25, 0.3) is 16.7 Å². The molecule has 0 unspecified atom stereocenters. The van der Waals surface area contributed by atoms with Crippen LogP contribution in [0.15, 0.2) is 72.0 Å². The number of piperidine rings is 1. The molecular weight excluding hydrogens is 438 g/mol. The van der Waals surface area contributed by atoms with E-state index in [0.717, 1.165) is 48.7 Å². The maximum Gasteiger partial charge on any atom is 0.278 e. The quantitative estimate of drug-likeness (QED) is 0.396. The zero-order chi connectivity index (χ0) is 23.8. The van der Waals surface area contributed by atoms with Gasteiger partial charge in [-0.3, -0.25) is 9.36 Å². The van der Waals surface area contributed by atoms with Crippen LogP contribution < -0.4 is 10.5 Å². The summed E-state index contributed by atoms with van der Waals surface area (Å²) in [4.78, 5) is 25.3. The van der Waals surface area contributed by atoms with Crippen LogP contribution in [-0.4, -0.2) is 36.6 Å². The highest BCUT2D eigenvalue weighted by molar-refractivity contribution is 5.89. The largest absolute Gasteiger partial charge is 0.357 e. The van der Waals surface area contributed by atoms with Crippen molar-refractivity contribution in [2.75, 3.05) is 18.0 Å². The van der Waals surface area contributed by atoms with Gasteiger partial charge in [-0.1, -0.05) is 36.4 Å². The lowest BCUT2D eigenvalue weighted by Gasteiger charge is -2.30. The van der Waals surface area contributed by atoms with Crippen molar-refractivity contribution in [3.05, 3.63) is 94.4 Å². The number of pyridine rings is 1. The Bertz CT molecular complexity index is 1610. The number of imidazole rings is 1. The molecule has 4 aromatic heterocycles. The van der Waals surface area contributed by atoms with Gasteiger partial charge in [0, 0.05) is 25.8 Å². The van der Waals surface area contributed by atoms with Crippen molar-refractivity contribution in [3.8, 4) is 6.07 Å². The first kappa shape index (κ1) is 21.2. The Kier molecular flexibility index (Phi) is 5.30. The first-order valence-electron chi connectivity index (χ1n) is 12.0. The molecule has 8 heteroatoms. The number of nitrogens with zero attached hydrogens (tertiary/aromatic N) is 7. The van der Waals surface area contributed by atoms with E-state index >= 15 is 0 Å². The Hall–Kier alpha value is -4.38. The molecule has 0 spiro atoms. The number of benzene rings is 1. The third kappa shape index (κ3) is 3.66. The van der Waals surface area contributed by atoms with Crippen molar-refractivity contribution in [1.82, 2.24) is 23.5 Å². The van der Waals surface area contributed by atoms with Crippen molar-refractivity contribution in [1.29, 1.82) is 5.26 Å². The number of fused-ring (bicyclic) bond motifs is 2. The lowest BCUT2D eigenvalue weighted by molar-refractivity contribution is 0.565. The zero-order valence-electron chi connectivity index (χ0n) is 19.3. The van der Waals surface area contributed by atoms with E-state index in [1.54, 1.807) is 17.1 Å². The number of hydrogen-bond acceptors (Lipinski definition) is 5. The van der Waals surface area contributed by atoms with Gasteiger partial charge in [0.25, 0.3) is 5.56 Å². The fraction of sp³-hybridized carbons (Fsp3) is 0.259. The molecular formula is C27H25N7O. The average Bonchev–Trinajstić information content (AvgIpc) is 3.46. The van der Waals surface area contributed by atoms with Gasteiger partial charge in [-0.15, -0.1) is 0 Å². The van der Waals surface area contributed by atoms with E-state index in [9.17, 15) is 10.1 Å². The van der Waals surface area contributed by atoms with Crippen LogP contribution in [0.5, 0.6) is 0 Å². The van der Waals surface area contributed by atoms with E-state index in [2.05, 4.69) is 20.9 Å². The summed E-state index contributed by atoms with van der Waals surface area (Å²) >= 11 is 0. The third-order valence-corrected chi connectivity index (χ3v) is 6.78. The van der Waals surface area contributed by atoms with E-state index in [1.165, 1.54) is 6.42 Å². The monoisotopic (exact) mass is 463 g/mol.